The van der Waals surface area contributed by atoms with Crippen molar-refractivity contribution < 1.29 is 9.50 Å². The van der Waals surface area contributed by atoms with Gasteiger partial charge in [0.05, 0.1) is 5.60 Å². The van der Waals surface area contributed by atoms with E-state index in [-0.39, 0.29) is 5.82 Å². The molecule has 22 heavy (non-hydrogen) atoms. The Balaban J connectivity index is 1.75. The lowest BCUT2D eigenvalue weighted by Crippen LogP contribution is -2.43. The average Bonchev–Trinajstić information content (AvgIpc) is 2.49. The average molecular weight is 386 g/mol. The van der Waals surface area contributed by atoms with Crippen molar-refractivity contribution in [1.82, 2.24) is 4.98 Å². The van der Waals surface area contributed by atoms with Gasteiger partial charge in [-0.15, -0.1) is 0 Å². The molecule has 1 aromatic carbocycles. The van der Waals surface area contributed by atoms with Crippen LogP contribution in [0.15, 0.2) is 41.0 Å². The highest BCUT2D eigenvalue weighted by molar-refractivity contribution is 9.10. The fraction of sp³-hybridized carbons (Fsp3) is 0.312. The molecule has 6 heteroatoms. The highest BCUT2D eigenvalue weighted by Gasteiger charge is 2.34. The molecule has 0 spiro atoms. The Labute approximate surface area is 141 Å². The van der Waals surface area contributed by atoms with Crippen molar-refractivity contribution in [1.29, 1.82) is 0 Å². The lowest BCUT2D eigenvalue weighted by atomic mass is 9.84. The Hall–Kier alpha value is -1.17. The summed E-state index contributed by atoms with van der Waals surface area (Å²) in [5, 5.41) is 11.5. The molecule has 116 valence electrons. The van der Waals surface area contributed by atoms with Crippen molar-refractivity contribution in [3.05, 3.63) is 57.4 Å². The third-order valence-electron chi connectivity index (χ3n) is 4.06. The van der Waals surface area contributed by atoms with Gasteiger partial charge in [0, 0.05) is 28.8 Å². The lowest BCUT2D eigenvalue weighted by Gasteiger charge is -2.39. The van der Waals surface area contributed by atoms with Gasteiger partial charge < -0.3 is 10.0 Å². The zero-order chi connectivity index (χ0) is 15.7. The summed E-state index contributed by atoms with van der Waals surface area (Å²) < 4.78 is 14.6. The fourth-order valence-electron chi connectivity index (χ4n) is 2.78. The summed E-state index contributed by atoms with van der Waals surface area (Å²) in [6.45, 7) is 1.09. The van der Waals surface area contributed by atoms with Gasteiger partial charge in [-0.1, -0.05) is 23.7 Å². The molecule has 0 radical (unpaired) electrons. The molecule has 1 fully saturated rings. The summed E-state index contributed by atoms with van der Waals surface area (Å²) >= 11 is 9.09. The van der Waals surface area contributed by atoms with Gasteiger partial charge in [-0.25, -0.2) is 9.37 Å². The smallest absolute Gasteiger partial charge is 0.166 e. The minimum Gasteiger partial charge on any atom is -0.385 e. The van der Waals surface area contributed by atoms with Crippen LogP contribution < -0.4 is 4.90 Å². The fourth-order valence-corrected chi connectivity index (χ4v) is 3.21. The van der Waals surface area contributed by atoms with Gasteiger partial charge in [-0.05, 0) is 52.5 Å². The van der Waals surface area contributed by atoms with E-state index in [1.807, 2.05) is 17.0 Å². The zero-order valence-electron chi connectivity index (χ0n) is 11.8. The summed E-state index contributed by atoms with van der Waals surface area (Å²) in [6.07, 6.45) is 2.62. The Morgan fingerprint density at radius 1 is 1.23 bits per heavy atom. The van der Waals surface area contributed by atoms with Crippen LogP contribution in [0.4, 0.5) is 10.2 Å². The molecule has 0 saturated carbocycles. The second-order valence-corrected chi connectivity index (χ2v) is 6.84. The monoisotopic (exact) mass is 384 g/mol. The van der Waals surface area contributed by atoms with Crippen molar-refractivity contribution in [3.63, 3.8) is 0 Å². The van der Waals surface area contributed by atoms with E-state index in [0.29, 0.717) is 41.2 Å². The maximum Gasteiger partial charge on any atom is 0.166 e. The van der Waals surface area contributed by atoms with Gasteiger partial charge in [-0.3, -0.25) is 0 Å². The number of aliphatic hydroxyl groups is 1. The number of pyridine rings is 1. The van der Waals surface area contributed by atoms with Crippen molar-refractivity contribution in [2.24, 2.45) is 0 Å². The SMILES string of the molecule is OC1(c2ccc(Cl)cc2)CCN(c2ncc(Br)cc2F)CC1. The van der Waals surface area contributed by atoms with Crippen molar-refractivity contribution >= 4 is 33.3 Å². The molecule has 3 nitrogen and oxygen atoms in total. The molecule has 2 aromatic rings. The van der Waals surface area contributed by atoms with Crippen molar-refractivity contribution in [2.45, 2.75) is 18.4 Å². The highest BCUT2D eigenvalue weighted by atomic mass is 79.9. The highest BCUT2D eigenvalue weighted by Crippen LogP contribution is 2.35. The third-order valence-corrected chi connectivity index (χ3v) is 4.75. The van der Waals surface area contributed by atoms with Crippen LogP contribution in [0.2, 0.25) is 5.02 Å². The first-order chi connectivity index (χ1) is 10.5. The molecule has 0 aliphatic carbocycles. The van der Waals surface area contributed by atoms with Crippen LogP contribution in [0.25, 0.3) is 0 Å². The number of anilines is 1. The molecule has 0 unspecified atom stereocenters. The van der Waals surface area contributed by atoms with Gasteiger partial charge in [0.1, 0.15) is 0 Å². The molecule has 0 bridgehead atoms. The molecule has 0 amide bonds. The van der Waals surface area contributed by atoms with Crippen LogP contribution in [-0.4, -0.2) is 23.2 Å². The number of halogens is 3. The molecule has 1 N–H and O–H groups in total. The van der Waals surface area contributed by atoms with Crippen LogP contribution in [0.5, 0.6) is 0 Å². The Kier molecular flexibility index (Phi) is 4.39. The van der Waals surface area contributed by atoms with Crippen molar-refractivity contribution in [3.8, 4) is 0 Å². The number of piperidine rings is 1. The van der Waals surface area contributed by atoms with Crippen molar-refractivity contribution in [2.75, 3.05) is 18.0 Å². The number of aromatic nitrogens is 1. The van der Waals surface area contributed by atoms with Gasteiger partial charge in [0.25, 0.3) is 0 Å². The zero-order valence-corrected chi connectivity index (χ0v) is 14.1. The van der Waals surface area contributed by atoms with Gasteiger partial charge >= 0.3 is 0 Å². The molecule has 1 saturated heterocycles. The molecule has 1 aromatic heterocycles. The van der Waals surface area contributed by atoms with Crippen LogP contribution in [0.1, 0.15) is 18.4 Å². The molecule has 1 aliphatic heterocycles. The summed E-state index contributed by atoms with van der Waals surface area (Å²) in [5.74, 6) is -0.0207. The number of rotatable bonds is 2. The Morgan fingerprint density at radius 3 is 2.45 bits per heavy atom. The van der Waals surface area contributed by atoms with Gasteiger partial charge in [-0.2, -0.15) is 0 Å². The first kappa shape index (κ1) is 15.7. The topological polar surface area (TPSA) is 36.4 Å². The quantitative estimate of drug-likeness (QED) is 0.844. The summed E-state index contributed by atoms with van der Waals surface area (Å²) in [7, 11) is 0. The molecular weight excluding hydrogens is 371 g/mol. The van der Waals surface area contributed by atoms with Crippen LogP contribution >= 0.6 is 27.5 Å². The summed E-state index contributed by atoms with van der Waals surface area (Å²) in [5.41, 5.74) is -0.0480. The Bertz CT molecular complexity index is 672. The van der Waals surface area contributed by atoms with E-state index < -0.39 is 5.60 Å². The number of hydrogen-bond acceptors (Lipinski definition) is 3. The van der Waals surface area contributed by atoms with E-state index in [0.717, 1.165) is 5.56 Å². The van der Waals surface area contributed by atoms with E-state index in [1.165, 1.54) is 6.07 Å². The second kappa shape index (κ2) is 6.14. The number of nitrogens with zero attached hydrogens (tertiary/aromatic N) is 2. The molecule has 0 atom stereocenters. The molecule has 3 rings (SSSR count). The second-order valence-electron chi connectivity index (χ2n) is 5.48. The van der Waals surface area contributed by atoms with E-state index in [1.54, 1.807) is 18.3 Å². The summed E-state index contributed by atoms with van der Waals surface area (Å²) in [4.78, 5) is 6.01. The largest absolute Gasteiger partial charge is 0.385 e. The number of benzene rings is 1. The van der Waals surface area contributed by atoms with Crippen LogP contribution in [-0.2, 0) is 5.60 Å². The predicted octanol–water partition coefficient (Wildman–Crippen LogP) is 4.12. The van der Waals surface area contributed by atoms with Crippen LogP contribution in [0.3, 0.4) is 0 Å². The van der Waals surface area contributed by atoms with E-state index in [2.05, 4.69) is 20.9 Å². The Morgan fingerprint density at radius 2 is 1.86 bits per heavy atom. The van der Waals surface area contributed by atoms with E-state index in [9.17, 15) is 9.50 Å². The van der Waals surface area contributed by atoms with Gasteiger partial charge in [0.2, 0.25) is 0 Å². The van der Waals surface area contributed by atoms with E-state index >= 15 is 0 Å². The minimum absolute atomic E-state index is 0.335. The van der Waals surface area contributed by atoms with Gasteiger partial charge in [0.15, 0.2) is 11.6 Å². The maximum absolute atomic E-state index is 14.0. The van der Waals surface area contributed by atoms with Crippen LogP contribution in [0, 0.1) is 5.82 Å². The van der Waals surface area contributed by atoms with E-state index in [4.69, 9.17) is 11.6 Å². The maximum atomic E-state index is 14.0. The first-order valence-electron chi connectivity index (χ1n) is 7.02. The molecule has 1 aliphatic rings. The standard InChI is InChI=1S/C16H15BrClFN2O/c17-12-9-14(19)15(20-10-12)21-7-5-16(22,6-8-21)11-1-3-13(18)4-2-11/h1-4,9-10,22H,5-8H2. The minimum atomic E-state index is -0.896. The lowest BCUT2D eigenvalue weighted by molar-refractivity contribution is 0.0115. The number of hydrogen-bond donors (Lipinski definition) is 1. The predicted molar refractivity (Wildman–Crippen MR) is 88.7 cm³/mol. The summed E-state index contributed by atoms with van der Waals surface area (Å²) in [6, 6.07) is 8.64. The normalized spacial score (nSPS) is 17.5. The molecular formula is C16H15BrClFN2O. The third kappa shape index (κ3) is 3.12. The first-order valence-corrected chi connectivity index (χ1v) is 8.19. The molecule has 2 heterocycles.